The number of nitrogens with two attached hydrogens (primary N) is 1. The van der Waals surface area contributed by atoms with E-state index in [0.717, 1.165) is 5.56 Å². The predicted octanol–water partition coefficient (Wildman–Crippen LogP) is 2.92. The summed E-state index contributed by atoms with van der Waals surface area (Å²) in [5.74, 6) is 0.195. The Labute approximate surface area is 186 Å². The monoisotopic (exact) mass is 432 g/mol. The van der Waals surface area contributed by atoms with Crippen molar-refractivity contribution in [1.82, 2.24) is 5.32 Å². The minimum Gasteiger partial charge on any atom is -0.497 e. The summed E-state index contributed by atoms with van der Waals surface area (Å²) in [6, 6.07) is 14.2. The second kappa shape index (κ2) is 10.6. The number of methoxy groups -OCH3 is 1. The van der Waals surface area contributed by atoms with Crippen molar-refractivity contribution in [3.8, 4) is 11.8 Å². The number of carbonyl (C=O) groups excluding carboxylic acids is 1. The molecule has 3 aromatic rings. The molecule has 0 bridgehead atoms. The van der Waals surface area contributed by atoms with E-state index in [-0.39, 0.29) is 17.8 Å². The zero-order valence-electron chi connectivity index (χ0n) is 18.2. The fraction of sp³-hybridized carbons (Fsp3) is 0.280. The maximum atomic E-state index is 13.4. The van der Waals surface area contributed by atoms with Crippen molar-refractivity contribution >= 4 is 16.9 Å². The zero-order valence-corrected chi connectivity index (χ0v) is 18.2. The van der Waals surface area contributed by atoms with Gasteiger partial charge >= 0.3 is 0 Å². The molecule has 1 atom stereocenters. The number of fused-ring (bicyclic) bond motifs is 1. The van der Waals surface area contributed by atoms with Crippen LogP contribution in [-0.2, 0) is 11.2 Å². The maximum absolute atomic E-state index is 13.4. The lowest BCUT2D eigenvalue weighted by Gasteiger charge is -2.15. The Morgan fingerprint density at radius 1 is 1.31 bits per heavy atom. The highest BCUT2D eigenvalue weighted by Crippen LogP contribution is 2.25. The summed E-state index contributed by atoms with van der Waals surface area (Å²) in [5, 5.41) is 12.5. The normalized spacial score (nSPS) is 11.7. The third-order valence-corrected chi connectivity index (χ3v) is 5.16. The number of ether oxygens (including phenoxy) is 1. The number of amides is 1. The molecule has 0 fully saturated rings. The molecule has 0 aliphatic rings. The fourth-order valence-corrected chi connectivity index (χ4v) is 3.39. The van der Waals surface area contributed by atoms with E-state index in [9.17, 15) is 14.9 Å². The van der Waals surface area contributed by atoms with Crippen molar-refractivity contribution in [2.75, 3.05) is 20.2 Å². The van der Waals surface area contributed by atoms with Crippen molar-refractivity contribution in [3.63, 3.8) is 0 Å². The van der Waals surface area contributed by atoms with Gasteiger partial charge in [-0.2, -0.15) is 5.26 Å². The number of hydrogen-bond acceptors (Lipinski definition) is 6. The molecule has 1 heterocycles. The minimum atomic E-state index is -0.525. The Morgan fingerprint density at radius 2 is 2.12 bits per heavy atom. The predicted molar refractivity (Wildman–Crippen MR) is 122 cm³/mol. The summed E-state index contributed by atoms with van der Waals surface area (Å²) in [4.78, 5) is 25.8. The molecular formula is C25H26N3O4. The Hall–Kier alpha value is -3.63. The third-order valence-electron chi connectivity index (χ3n) is 5.16. The molecule has 32 heavy (non-hydrogen) atoms. The molecule has 7 nitrogen and oxygen atoms in total. The number of benzene rings is 2. The molecule has 0 saturated carbocycles. The molecule has 1 radical (unpaired) electrons. The van der Waals surface area contributed by atoms with Crippen LogP contribution < -0.4 is 21.2 Å². The molecule has 1 amide bonds. The average Bonchev–Trinajstić information content (AvgIpc) is 2.81. The van der Waals surface area contributed by atoms with Gasteiger partial charge < -0.3 is 20.2 Å². The lowest BCUT2D eigenvalue weighted by molar-refractivity contribution is -0.123. The van der Waals surface area contributed by atoms with Gasteiger partial charge in [0, 0.05) is 36.9 Å². The van der Waals surface area contributed by atoms with E-state index in [2.05, 4.69) is 11.4 Å². The summed E-state index contributed by atoms with van der Waals surface area (Å²) < 4.78 is 11.3. The molecule has 0 spiro atoms. The standard InChI is InChI=1S/C25H26N3O4/c1-16(25(30)28-10-4-9-26)11-22-21(13-17-5-3-6-18(12-17)15-27)24(29)20-8-7-19(31-2)14-23(20)32-22/h3,5-8,11-12,14,16H,4,9-10,13,26H2,1-2H3,(H,28,30). The van der Waals surface area contributed by atoms with Crippen LogP contribution >= 0.6 is 0 Å². The van der Waals surface area contributed by atoms with Gasteiger partial charge in [-0.1, -0.05) is 19.1 Å². The summed E-state index contributed by atoms with van der Waals surface area (Å²) in [7, 11) is 1.54. The summed E-state index contributed by atoms with van der Waals surface area (Å²) >= 11 is 0. The Morgan fingerprint density at radius 3 is 2.84 bits per heavy atom. The highest BCUT2D eigenvalue weighted by atomic mass is 16.5. The van der Waals surface area contributed by atoms with Gasteiger partial charge in [-0.05, 0) is 42.8 Å². The van der Waals surface area contributed by atoms with E-state index in [1.165, 1.54) is 7.11 Å². The second-order valence-corrected chi connectivity index (χ2v) is 7.51. The topological polar surface area (TPSA) is 118 Å². The number of nitrogens with one attached hydrogen (secondary N) is 1. The minimum absolute atomic E-state index is 0.177. The van der Waals surface area contributed by atoms with Gasteiger partial charge in [0.1, 0.15) is 17.1 Å². The van der Waals surface area contributed by atoms with Gasteiger partial charge in [-0.25, -0.2) is 0 Å². The van der Waals surface area contributed by atoms with Crippen LogP contribution in [0.1, 0.15) is 35.8 Å². The van der Waals surface area contributed by atoms with Crippen LogP contribution in [0.2, 0.25) is 0 Å². The van der Waals surface area contributed by atoms with Crippen LogP contribution in [0.5, 0.6) is 5.75 Å². The first-order valence-electron chi connectivity index (χ1n) is 10.4. The van der Waals surface area contributed by atoms with Gasteiger partial charge in [0.15, 0.2) is 5.43 Å². The van der Waals surface area contributed by atoms with E-state index in [1.807, 2.05) is 6.07 Å². The largest absolute Gasteiger partial charge is 0.497 e. The zero-order chi connectivity index (χ0) is 23.1. The first-order valence-corrected chi connectivity index (χ1v) is 10.4. The maximum Gasteiger partial charge on any atom is 0.223 e. The molecule has 0 aliphatic heterocycles. The lowest BCUT2D eigenvalue weighted by Crippen LogP contribution is -2.31. The average molecular weight is 433 g/mol. The smallest absolute Gasteiger partial charge is 0.223 e. The molecule has 3 rings (SSSR count). The van der Waals surface area contributed by atoms with E-state index in [1.54, 1.807) is 49.7 Å². The molecule has 1 unspecified atom stereocenters. The van der Waals surface area contributed by atoms with Crippen LogP contribution in [0.3, 0.4) is 0 Å². The molecule has 165 valence electrons. The Kier molecular flexibility index (Phi) is 7.63. The van der Waals surface area contributed by atoms with Crippen LogP contribution in [0.15, 0.2) is 51.7 Å². The SMILES string of the molecule is COc1ccc2c(=O)c(Cc3cccc(C#N)c3)c([CH]C(C)C(=O)NCCCN)oc2c1. The fourth-order valence-electron chi connectivity index (χ4n) is 3.39. The van der Waals surface area contributed by atoms with E-state index in [0.29, 0.717) is 53.1 Å². The van der Waals surface area contributed by atoms with Gasteiger partial charge in [-0.15, -0.1) is 0 Å². The van der Waals surface area contributed by atoms with Crippen LogP contribution in [0.4, 0.5) is 0 Å². The van der Waals surface area contributed by atoms with Crippen LogP contribution in [-0.4, -0.2) is 26.1 Å². The van der Waals surface area contributed by atoms with Crippen molar-refractivity contribution < 1.29 is 13.9 Å². The first-order chi connectivity index (χ1) is 15.5. The van der Waals surface area contributed by atoms with E-state index in [4.69, 9.17) is 14.9 Å². The van der Waals surface area contributed by atoms with Gasteiger partial charge in [0.05, 0.1) is 24.1 Å². The lowest BCUT2D eigenvalue weighted by atomic mass is 9.96. The van der Waals surface area contributed by atoms with E-state index < -0.39 is 5.92 Å². The second-order valence-electron chi connectivity index (χ2n) is 7.51. The van der Waals surface area contributed by atoms with Gasteiger partial charge in [-0.3, -0.25) is 9.59 Å². The Bertz CT molecular complexity index is 1210. The van der Waals surface area contributed by atoms with Crippen molar-refractivity contribution in [1.29, 1.82) is 5.26 Å². The number of nitrogens with zero attached hydrogens (tertiary/aromatic N) is 1. The van der Waals surface area contributed by atoms with Crippen LogP contribution in [0.25, 0.3) is 11.0 Å². The summed E-state index contributed by atoms with van der Waals surface area (Å²) in [6.07, 6.45) is 2.61. The van der Waals surface area contributed by atoms with Gasteiger partial charge in [0.25, 0.3) is 0 Å². The number of hydrogen-bond donors (Lipinski definition) is 2. The van der Waals surface area contributed by atoms with Crippen molar-refractivity contribution in [2.45, 2.75) is 19.8 Å². The molecule has 0 saturated heterocycles. The van der Waals surface area contributed by atoms with Crippen LogP contribution in [0, 0.1) is 23.7 Å². The first kappa shape index (κ1) is 23.0. The number of nitriles is 1. The van der Waals surface area contributed by atoms with Gasteiger partial charge in [0.2, 0.25) is 5.91 Å². The Balaban J connectivity index is 2.02. The van der Waals surface area contributed by atoms with E-state index >= 15 is 0 Å². The number of carbonyl (C=O) groups is 1. The highest BCUT2D eigenvalue weighted by molar-refractivity contribution is 5.81. The quantitative estimate of drug-likeness (QED) is 0.502. The number of rotatable bonds is 9. The molecule has 1 aromatic heterocycles. The summed E-state index contributed by atoms with van der Waals surface area (Å²) in [5.41, 5.74) is 7.42. The third kappa shape index (κ3) is 5.34. The molecule has 2 aromatic carbocycles. The van der Waals surface area contributed by atoms with Crippen molar-refractivity contribution in [3.05, 3.63) is 81.6 Å². The summed E-state index contributed by atoms with van der Waals surface area (Å²) in [6.45, 7) is 2.72. The molecule has 7 heteroatoms. The molecule has 3 N–H and O–H groups in total. The highest BCUT2D eigenvalue weighted by Gasteiger charge is 2.21. The molecular weight excluding hydrogens is 406 g/mol. The van der Waals surface area contributed by atoms with Crippen molar-refractivity contribution in [2.24, 2.45) is 11.7 Å². The molecule has 0 aliphatic carbocycles.